The van der Waals surface area contributed by atoms with Gasteiger partial charge in [-0.25, -0.2) is 0 Å². The van der Waals surface area contributed by atoms with Crippen molar-refractivity contribution in [1.29, 1.82) is 0 Å². The summed E-state index contributed by atoms with van der Waals surface area (Å²) in [6, 6.07) is 6.54. The first-order chi connectivity index (χ1) is 10.6. The van der Waals surface area contributed by atoms with Gasteiger partial charge in [-0.3, -0.25) is 14.4 Å². The zero-order valence-corrected chi connectivity index (χ0v) is 13.9. The monoisotopic (exact) mass is 318 g/mol. The molecular weight excluding hydrogens is 296 g/mol. The lowest BCUT2D eigenvalue weighted by Crippen LogP contribution is -2.35. The maximum Gasteiger partial charge on any atom is 0.234 e. The van der Waals surface area contributed by atoms with Crippen molar-refractivity contribution in [2.24, 2.45) is 0 Å². The minimum atomic E-state index is 0.0995. The number of carbonyl (C=O) groups excluding carboxylic acids is 1. The fourth-order valence-electron chi connectivity index (χ4n) is 3.03. The molecule has 1 N–H and O–H groups in total. The summed E-state index contributed by atoms with van der Waals surface area (Å²) in [7, 11) is 0. The molecule has 1 amide bonds. The van der Waals surface area contributed by atoms with Gasteiger partial charge < -0.3 is 5.32 Å². The van der Waals surface area contributed by atoms with E-state index in [0.29, 0.717) is 19.1 Å². The number of hydrogen-bond donors (Lipinski definition) is 1. The van der Waals surface area contributed by atoms with Crippen LogP contribution in [0.25, 0.3) is 0 Å². The smallest absolute Gasteiger partial charge is 0.234 e. The van der Waals surface area contributed by atoms with E-state index in [1.165, 1.54) is 10.6 Å². The van der Waals surface area contributed by atoms with Crippen molar-refractivity contribution in [1.82, 2.24) is 20.0 Å². The second-order valence-corrected chi connectivity index (χ2v) is 6.94. The van der Waals surface area contributed by atoms with Crippen LogP contribution in [0.3, 0.4) is 0 Å². The standard InChI is InChI=1S/C16H22N4OS/c1-12-8-13(2)20(18-12)14-5-6-19(10-14)11-16(21)17-9-15-4-3-7-22-15/h3-4,7-8,14H,5-6,9-11H2,1-2H3,(H,17,21)/t14-/m1/s1. The molecule has 3 heterocycles. The van der Waals surface area contributed by atoms with Gasteiger partial charge in [0.2, 0.25) is 5.91 Å². The quantitative estimate of drug-likeness (QED) is 0.919. The number of carbonyl (C=O) groups is 1. The maximum atomic E-state index is 12.0. The average molecular weight is 318 g/mol. The van der Waals surface area contributed by atoms with E-state index >= 15 is 0 Å². The SMILES string of the molecule is Cc1cc(C)n([C@@H]2CCN(CC(=O)NCc3cccs3)C2)n1. The molecular formula is C16H22N4OS. The van der Waals surface area contributed by atoms with Crippen LogP contribution in [0.5, 0.6) is 0 Å². The highest BCUT2D eigenvalue weighted by atomic mass is 32.1. The molecule has 1 saturated heterocycles. The van der Waals surface area contributed by atoms with Crippen molar-refractivity contribution >= 4 is 17.2 Å². The van der Waals surface area contributed by atoms with Crippen LogP contribution in [0.2, 0.25) is 0 Å². The summed E-state index contributed by atoms with van der Waals surface area (Å²) in [6.07, 6.45) is 1.06. The van der Waals surface area contributed by atoms with Crippen molar-refractivity contribution in [2.45, 2.75) is 32.9 Å². The molecule has 0 unspecified atom stereocenters. The lowest BCUT2D eigenvalue weighted by molar-refractivity contribution is -0.122. The number of likely N-dealkylation sites (tertiary alicyclic amines) is 1. The van der Waals surface area contributed by atoms with E-state index in [0.717, 1.165) is 25.2 Å². The number of aromatic nitrogens is 2. The van der Waals surface area contributed by atoms with Crippen LogP contribution in [-0.4, -0.2) is 40.2 Å². The minimum Gasteiger partial charge on any atom is -0.350 e. The van der Waals surface area contributed by atoms with Crippen LogP contribution in [0.15, 0.2) is 23.6 Å². The van der Waals surface area contributed by atoms with E-state index in [9.17, 15) is 4.79 Å². The molecule has 1 fully saturated rings. The van der Waals surface area contributed by atoms with Crippen LogP contribution in [0, 0.1) is 13.8 Å². The molecule has 0 bridgehead atoms. The van der Waals surface area contributed by atoms with Crippen LogP contribution < -0.4 is 5.32 Å². The summed E-state index contributed by atoms with van der Waals surface area (Å²) >= 11 is 1.67. The fraction of sp³-hybridized carbons (Fsp3) is 0.500. The van der Waals surface area contributed by atoms with E-state index in [1.807, 2.05) is 24.4 Å². The maximum absolute atomic E-state index is 12.0. The van der Waals surface area contributed by atoms with Crippen LogP contribution >= 0.6 is 11.3 Å². The van der Waals surface area contributed by atoms with E-state index in [1.54, 1.807) is 11.3 Å². The molecule has 0 saturated carbocycles. The van der Waals surface area contributed by atoms with Crippen molar-refractivity contribution in [3.8, 4) is 0 Å². The summed E-state index contributed by atoms with van der Waals surface area (Å²) < 4.78 is 2.11. The highest BCUT2D eigenvalue weighted by Crippen LogP contribution is 2.22. The zero-order chi connectivity index (χ0) is 15.5. The Morgan fingerprint density at radius 2 is 2.36 bits per heavy atom. The minimum absolute atomic E-state index is 0.0995. The van der Waals surface area contributed by atoms with Crippen LogP contribution in [0.4, 0.5) is 0 Å². The van der Waals surface area contributed by atoms with Crippen molar-refractivity contribution in [3.05, 3.63) is 39.8 Å². The van der Waals surface area contributed by atoms with Crippen LogP contribution in [0.1, 0.15) is 28.7 Å². The Labute approximate surface area is 134 Å². The van der Waals surface area contributed by atoms with E-state index in [-0.39, 0.29) is 5.91 Å². The van der Waals surface area contributed by atoms with Crippen molar-refractivity contribution < 1.29 is 4.79 Å². The summed E-state index contributed by atoms with van der Waals surface area (Å²) in [5.74, 6) is 0.0995. The molecule has 3 rings (SSSR count). The predicted octanol–water partition coefficient (Wildman–Crippen LogP) is 2.12. The van der Waals surface area contributed by atoms with Gasteiger partial charge in [0.25, 0.3) is 0 Å². The molecule has 2 aromatic heterocycles. The molecule has 0 aromatic carbocycles. The predicted molar refractivity (Wildman–Crippen MR) is 88.0 cm³/mol. The normalized spacial score (nSPS) is 18.7. The molecule has 5 nitrogen and oxygen atoms in total. The second-order valence-electron chi connectivity index (χ2n) is 5.91. The lowest BCUT2D eigenvalue weighted by atomic mass is 10.2. The van der Waals surface area contributed by atoms with Gasteiger partial charge in [0.1, 0.15) is 0 Å². The molecule has 1 aliphatic heterocycles. The fourth-order valence-corrected chi connectivity index (χ4v) is 3.67. The molecule has 0 radical (unpaired) electrons. The van der Waals surface area contributed by atoms with E-state index < -0.39 is 0 Å². The molecule has 1 aliphatic rings. The summed E-state index contributed by atoms with van der Waals surface area (Å²) in [6.45, 7) is 7.07. The highest BCUT2D eigenvalue weighted by molar-refractivity contribution is 7.09. The average Bonchev–Trinajstić information content (AvgIpc) is 3.18. The highest BCUT2D eigenvalue weighted by Gasteiger charge is 2.26. The Bertz CT molecular complexity index is 635. The van der Waals surface area contributed by atoms with Crippen LogP contribution in [-0.2, 0) is 11.3 Å². The van der Waals surface area contributed by atoms with Gasteiger partial charge in [0, 0.05) is 23.7 Å². The number of aryl methyl sites for hydroxylation is 2. The van der Waals surface area contributed by atoms with Crippen molar-refractivity contribution in [2.75, 3.05) is 19.6 Å². The van der Waals surface area contributed by atoms with Gasteiger partial charge in [-0.2, -0.15) is 5.10 Å². The molecule has 0 spiro atoms. The number of hydrogen-bond acceptors (Lipinski definition) is 4. The largest absolute Gasteiger partial charge is 0.350 e. The molecule has 0 aliphatic carbocycles. The first kappa shape index (κ1) is 15.2. The number of nitrogens with zero attached hydrogens (tertiary/aromatic N) is 3. The first-order valence-corrected chi connectivity index (χ1v) is 8.54. The Kier molecular flexibility index (Phi) is 4.59. The van der Waals surface area contributed by atoms with Gasteiger partial charge >= 0.3 is 0 Å². The topological polar surface area (TPSA) is 50.2 Å². The van der Waals surface area contributed by atoms with Gasteiger partial charge in [-0.1, -0.05) is 6.07 Å². The third-order valence-corrected chi connectivity index (χ3v) is 4.92. The third-order valence-electron chi connectivity index (χ3n) is 4.05. The zero-order valence-electron chi connectivity index (χ0n) is 13.1. The lowest BCUT2D eigenvalue weighted by Gasteiger charge is -2.16. The van der Waals surface area contributed by atoms with E-state index in [2.05, 4.69) is 33.0 Å². The van der Waals surface area contributed by atoms with Gasteiger partial charge in [0.05, 0.1) is 24.8 Å². The third kappa shape index (κ3) is 3.56. The summed E-state index contributed by atoms with van der Waals surface area (Å²) in [4.78, 5) is 15.4. The number of nitrogens with one attached hydrogen (secondary N) is 1. The van der Waals surface area contributed by atoms with Gasteiger partial charge in [-0.15, -0.1) is 11.3 Å². The van der Waals surface area contributed by atoms with Gasteiger partial charge in [0.15, 0.2) is 0 Å². The Morgan fingerprint density at radius 3 is 3.05 bits per heavy atom. The molecule has 6 heteroatoms. The Hall–Kier alpha value is -1.66. The first-order valence-electron chi connectivity index (χ1n) is 7.66. The Morgan fingerprint density at radius 1 is 1.50 bits per heavy atom. The van der Waals surface area contributed by atoms with Gasteiger partial charge in [-0.05, 0) is 37.8 Å². The molecule has 22 heavy (non-hydrogen) atoms. The van der Waals surface area contributed by atoms with Crippen molar-refractivity contribution in [3.63, 3.8) is 0 Å². The summed E-state index contributed by atoms with van der Waals surface area (Å²) in [5, 5.41) is 9.58. The van der Waals surface area contributed by atoms with E-state index in [4.69, 9.17) is 0 Å². The number of amides is 1. The Balaban J connectivity index is 1.48. The summed E-state index contributed by atoms with van der Waals surface area (Å²) in [5.41, 5.74) is 2.26. The molecule has 118 valence electrons. The number of rotatable bonds is 5. The molecule has 2 aromatic rings. The second kappa shape index (κ2) is 6.62. The number of thiophene rings is 1. The molecule has 1 atom stereocenters.